The number of carbonyl (C=O) groups is 2. The molecule has 0 aromatic heterocycles. The van der Waals surface area contributed by atoms with Crippen molar-refractivity contribution in [3.05, 3.63) is 59.2 Å². The van der Waals surface area contributed by atoms with Gasteiger partial charge in [-0.05, 0) is 54.0 Å². The van der Waals surface area contributed by atoms with Crippen LogP contribution >= 0.6 is 0 Å². The number of nitrogens with two attached hydrogens (primary N) is 1. The van der Waals surface area contributed by atoms with Crippen molar-refractivity contribution in [1.82, 2.24) is 10.2 Å². The topological polar surface area (TPSA) is 125 Å². The predicted molar refractivity (Wildman–Crippen MR) is 195 cm³/mol. The molecule has 278 valence electrons. The molecule has 2 aliphatic heterocycles. The Kier molecular flexibility index (Phi) is 14.9. The molecule has 4 rings (SSSR count). The zero-order valence-corrected chi connectivity index (χ0v) is 31.2. The predicted octanol–water partition coefficient (Wildman–Crippen LogP) is 4.50. The van der Waals surface area contributed by atoms with Gasteiger partial charge in [0.15, 0.2) is 0 Å². The Morgan fingerprint density at radius 2 is 1.74 bits per heavy atom. The first-order valence-corrected chi connectivity index (χ1v) is 18.0. The van der Waals surface area contributed by atoms with E-state index in [4.69, 9.17) is 29.4 Å². The molecule has 50 heavy (non-hydrogen) atoms. The molecule has 2 aromatic carbocycles. The monoisotopic (exact) mass is 696 g/mol. The standard InChI is InChI=1S/C39H60N4O7/c1-27(2)36(40)37(44)43-24-35(50-26-29-11-14-34-33(21-29)42(16-18-49-34)15-8-17-46-6)32(22-31(43)23-39(3,4)38(45)41-5)30-12-9-28(10-13-30)25-48-20-19-47-7/h9-14,21,27,31-32,35-36H,8,15-20,22-26,40H2,1-7H3,(H,41,45)/t31-,32+,35-,36?/m0/s1. The molecule has 4 atom stereocenters. The second kappa shape index (κ2) is 18.9. The first-order valence-electron chi connectivity index (χ1n) is 18.0. The molecule has 11 heteroatoms. The van der Waals surface area contributed by atoms with Crippen molar-refractivity contribution in [2.75, 3.05) is 72.2 Å². The van der Waals surface area contributed by atoms with E-state index < -0.39 is 11.5 Å². The molecule has 1 unspecified atom stereocenters. The number of methoxy groups -OCH3 is 2. The molecule has 3 N–H and O–H groups in total. The normalized spacial score (nSPS) is 20.0. The number of anilines is 1. The summed E-state index contributed by atoms with van der Waals surface area (Å²) >= 11 is 0. The molecule has 0 bridgehead atoms. The smallest absolute Gasteiger partial charge is 0.240 e. The van der Waals surface area contributed by atoms with Crippen LogP contribution in [0.3, 0.4) is 0 Å². The maximum Gasteiger partial charge on any atom is 0.240 e. The minimum atomic E-state index is -0.693. The summed E-state index contributed by atoms with van der Waals surface area (Å²) in [4.78, 5) is 31.2. The molecule has 1 fully saturated rings. The number of rotatable bonds is 18. The fraction of sp³-hybridized carbons (Fsp3) is 0.641. The van der Waals surface area contributed by atoms with Crippen molar-refractivity contribution in [3.63, 3.8) is 0 Å². The van der Waals surface area contributed by atoms with Gasteiger partial charge in [0, 0.05) is 58.3 Å². The minimum Gasteiger partial charge on any atom is -0.490 e. The summed E-state index contributed by atoms with van der Waals surface area (Å²) in [6, 6.07) is 13.8. The number of hydrogen-bond donors (Lipinski definition) is 2. The van der Waals surface area contributed by atoms with E-state index in [2.05, 4.69) is 46.6 Å². The van der Waals surface area contributed by atoms with Gasteiger partial charge in [0.1, 0.15) is 12.4 Å². The maximum atomic E-state index is 14.0. The average molecular weight is 697 g/mol. The Morgan fingerprint density at radius 3 is 2.42 bits per heavy atom. The molecule has 2 aromatic rings. The summed E-state index contributed by atoms with van der Waals surface area (Å²) in [5, 5.41) is 2.81. The fourth-order valence-corrected chi connectivity index (χ4v) is 6.96. The summed E-state index contributed by atoms with van der Waals surface area (Å²) in [5.41, 5.74) is 10.1. The highest BCUT2D eigenvalue weighted by atomic mass is 16.5. The molecule has 2 amide bonds. The molecule has 2 aliphatic rings. The van der Waals surface area contributed by atoms with Crippen molar-refractivity contribution in [2.24, 2.45) is 17.1 Å². The van der Waals surface area contributed by atoms with Crippen LogP contribution in [0.1, 0.15) is 69.6 Å². The van der Waals surface area contributed by atoms with E-state index in [9.17, 15) is 9.59 Å². The minimum absolute atomic E-state index is 0.0187. The number of amides is 2. The van der Waals surface area contributed by atoms with Crippen LogP contribution in [0.25, 0.3) is 0 Å². The van der Waals surface area contributed by atoms with E-state index in [0.29, 0.717) is 59.0 Å². The quantitative estimate of drug-likeness (QED) is 0.217. The summed E-state index contributed by atoms with van der Waals surface area (Å²) < 4.78 is 28.9. The lowest BCUT2D eigenvalue weighted by atomic mass is 9.76. The zero-order chi connectivity index (χ0) is 36.3. The lowest BCUT2D eigenvalue weighted by Crippen LogP contribution is -2.58. The Bertz CT molecular complexity index is 1370. The Morgan fingerprint density at radius 1 is 1.02 bits per heavy atom. The van der Waals surface area contributed by atoms with Crippen LogP contribution in [-0.4, -0.2) is 102 Å². The maximum absolute atomic E-state index is 14.0. The van der Waals surface area contributed by atoms with Crippen LogP contribution in [0, 0.1) is 11.3 Å². The van der Waals surface area contributed by atoms with Crippen LogP contribution < -0.4 is 20.7 Å². The van der Waals surface area contributed by atoms with Crippen LogP contribution in [0.4, 0.5) is 5.69 Å². The van der Waals surface area contributed by atoms with Crippen molar-refractivity contribution in [3.8, 4) is 5.75 Å². The van der Waals surface area contributed by atoms with E-state index in [1.165, 1.54) is 0 Å². The molecule has 2 heterocycles. The number of fused-ring (bicyclic) bond motifs is 1. The number of likely N-dealkylation sites (tertiary alicyclic amines) is 1. The van der Waals surface area contributed by atoms with Gasteiger partial charge >= 0.3 is 0 Å². The Balaban J connectivity index is 1.63. The van der Waals surface area contributed by atoms with Gasteiger partial charge in [0.05, 0.1) is 50.8 Å². The Hall–Kier alpha value is -3.22. The Labute approximate surface area is 299 Å². The summed E-state index contributed by atoms with van der Waals surface area (Å²) in [7, 11) is 5.04. The molecular weight excluding hydrogens is 636 g/mol. The summed E-state index contributed by atoms with van der Waals surface area (Å²) in [5.74, 6) is 0.662. The number of nitrogens with one attached hydrogen (secondary N) is 1. The fourth-order valence-electron chi connectivity index (χ4n) is 6.96. The summed E-state index contributed by atoms with van der Waals surface area (Å²) in [6.07, 6.45) is 1.77. The highest BCUT2D eigenvalue weighted by molar-refractivity contribution is 5.83. The SMILES string of the molecule is CNC(=O)C(C)(C)C[C@@H]1C[C@H](c2ccc(COCCOC)cc2)[C@@H](OCc2ccc3c(c2)N(CCCOC)CCO3)CN1C(=O)C(N)C(C)C. The molecule has 0 spiro atoms. The number of benzene rings is 2. The van der Waals surface area contributed by atoms with Gasteiger partial charge in [-0.15, -0.1) is 0 Å². The third kappa shape index (κ3) is 10.4. The van der Waals surface area contributed by atoms with Crippen LogP contribution in [0.2, 0.25) is 0 Å². The lowest BCUT2D eigenvalue weighted by Gasteiger charge is -2.47. The largest absolute Gasteiger partial charge is 0.490 e. The van der Waals surface area contributed by atoms with Gasteiger partial charge < -0.3 is 44.5 Å². The van der Waals surface area contributed by atoms with Gasteiger partial charge in [0.25, 0.3) is 0 Å². The molecule has 0 aliphatic carbocycles. The third-order valence-electron chi connectivity index (χ3n) is 10.00. The first-order chi connectivity index (χ1) is 24.0. The average Bonchev–Trinajstić information content (AvgIpc) is 3.11. The van der Waals surface area contributed by atoms with E-state index in [-0.39, 0.29) is 35.8 Å². The van der Waals surface area contributed by atoms with Crippen molar-refractivity contribution >= 4 is 17.5 Å². The highest BCUT2D eigenvalue weighted by Crippen LogP contribution is 2.40. The van der Waals surface area contributed by atoms with Gasteiger partial charge in [0.2, 0.25) is 11.8 Å². The van der Waals surface area contributed by atoms with Gasteiger partial charge in [-0.25, -0.2) is 0 Å². The zero-order valence-electron chi connectivity index (χ0n) is 31.2. The number of nitrogens with zero attached hydrogens (tertiary/aromatic N) is 2. The lowest BCUT2D eigenvalue weighted by molar-refractivity contribution is -0.146. The third-order valence-corrected chi connectivity index (χ3v) is 10.00. The first kappa shape index (κ1) is 39.6. The molecule has 1 saturated heterocycles. The molecular formula is C39H60N4O7. The number of carbonyl (C=O) groups excluding carboxylic acids is 2. The number of hydrogen-bond acceptors (Lipinski definition) is 9. The van der Waals surface area contributed by atoms with Gasteiger partial charge in [-0.1, -0.05) is 58.0 Å². The second-order valence-corrected chi connectivity index (χ2v) is 14.5. The molecule has 0 saturated carbocycles. The van der Waals surface area contributed by atoms with Crippen LogP contribution in [-0.2, 0) is 41.8 Å². The van der Waals surface area contributed by atoms with E-state index in [1.54, 1.807) is 21.3 Å². The molecule has 11 nitrogen and oxygen atoms in total. The summed E-state index contributed by atoms with van der Waals surface area (Å²) in [6.45, 7) is 13.2. The van der Waals surface area contributed by atoms with Crippen molar-refractivity contribution in [2.45, 2.75) is 84.3 Å². The number of ether oxygens (including phenoxy) is 5. The van der Waals surface area contributed by atoms with Crippen molar-refractivity contribution < 1.29 is 33.3 Å². The highest BCUT2D eigenvalue weighted by Gasteiger charge is 2.44. The van der Waals surface area contributed by atoms with Crippen LogP contribution in [0.15, 0.2) is 42.5 Å². The van der Waals surface area contributed by atoms with Crippen LogP contribution in [0.5, 0.6) is 5.75 Å². The number of piperidine rings is 1. The van der Waals surface area contributed by atoms with Crippen molar-refractivity contribution in [1.29, 1.82) is 0 Å². The van der Waals surface area contributed by atoms with Gasteiger partial charge in [-0.2, -0.15) is 0 Å². The second-order valence-electron chi connectivity index (χ2n) is 14.5. The van der Waals surface area contributed by atoms with E-state index in [0.717, 1.165) is 47.6 Å². The van der Waals surface area contributed by atoms with E-state index >= 15 is 0 Å². The van der Waals surface area contributed by atoms with E-state index in [1.807, 2.05) is 38.7 Å². The molecule has 0 radical (unpaired) electrons. The van der Waals surface area contributed by atoms with Gasteiger partial charge in [-0.3, -0.25) is 9.59 Å².